The van der Waals surface area contributed by atoms with Gasteiger partial charge in [-0.2, -0.15) is 5.26 Å². The third-order valence-corrected chi connectivity index (χ3v) is 1.87. The highest BCUT2D eigenvalue weighted by atomic mass is 16.5. The molecule has 15 heavy (non-hydrogen) atoms. The summed E-state index contributed by atoms with van der Waals surface area (Å²) in [6, 6.07) is 3.54. The minimum Gasteiger partial charge on any atom is -0.480 e. The first-order valence-electron chi connectivity index (χ1n) is 4.21. The Morgan fingerprint density at radius 3 is 2.87 bits per heavy atom. The van der Waals surface area contributed by atoms with E-state index in [1.165, 1.54) is 20.4 Å². The number of ether oxygens (including phenoxy) is 2. The standard InChI is InChI=1S/C10H10N2O3/c1-14-9(13)5-7-3-4-12-10(15-2)8(7)6-11/h3-4H,5H2,1-2H3. The Balaban J connectivity index is 3.08. The molecule has 0 amide bonds. The molecule has 0 bridgehead atoms. The lowest BCUT2D eigenvalue weighted by atomic mass is 10.1. The van der Waals surface area contributed by atoms with Crippen molar-refractivity contribution in [3.63, 3.8) is 0 Å². The van der Waals surface area contributed by atoms with Gasteiger partial charge in [-0.15, -0.1) is 0 Å². The van der Waals surface area contributed by atoms with Crippen LogP contribution < -0.4 is 4.74 Å². The number of nitrogens with zero attached hydrogens (tertiary/aromatic N) is 2. The van der Waals surface area contributed by atoms with Crippen LogP contribution in [-0.4, -0.2) is 25.2 Å². The van der Waals surface area contributed by atoms with Crippen LogP contribution in [-0.2, 0) is 16.0 Å². The molecule has 1 aromatic rings. The number of aromatic nitrogens is 1. The SMILES string of the molecule is COC(=O)Cc1ccnc(OC)c1C#N. The topological polar surface area (TPSA) is 72.2 Å². The molecule has 1 heterocycles. The van der Waals surface area contributed by atoms with E-state index >= 15 is 0 Å². The second kappa shape index (κ2) is 4.96. The van der Waals surface area contributed by atoms with Gasteiger partial charge in [-0.1, -0.05) is 0 Å². The molecule has 0 aliphatic heterocycles. The number of esters is 1. The van der Waals surface area contributed by atoms with Gasteiger partial charge in [-0.3, -0.25) is 4.79 Å². The van der Waals surface area contributed by atoms with Gasteiger partial charge in [-0.05, 0) is 11.6 Å². The number of hydrogen-bond donors (Lipinski definition) is 0. The summed E-state index contributed by atoms with van der Waals surface area (Å²) < 4.78 is 9.42. The van der Waals surface area contributed by atoms with Crippen molar-refractivity contribution in [2.75, 3.05) is 14.2 Å². The molecular weight excluding hydrogens is 196 g/mol. The van der Waals surface area contributed by atoms with E-state index in [4.69, 9.17) is 10.00 Å². The number of carbonyl (C=O) groups is 1. The highest BCUT2D eigenvalue weighted by Gasteiger charge is 2.12. The summed E-state index contributed by atoms with van der Waals surface area (Å²) in [5.41, 5.74) is 0.821. The minimum absolute atomic E-state index is 0.0400. The fourth-order valence-corrected chi connectivity index (χ4v) is 1.13. The molecule has 0 radical (unpaired) electrons. The number of nitriles is 1. The molecule has 5 nitrogen and oxygen atoms in total. The summed E-state index contributed by atoms with van der Waals surface area (Å²) in [5, 5.41) is 8.89. The van der Waals surface area contributed by atoms with Crippen molar-refractivity contribution in [3.8, 4) is 11.9 Å². The first kappa shape index (κ1) is 11.0. The third-order valence-electron chi connectivity index (χ3n) is 1.87. The summed E-state index contributed by atoms with van der Waals surface area (Å²) in [5.74, 6) is -0.182. The predicted octanol–water partition coefficient (Wildman–Crippen LogP) is 0.677. The van der Waals surface area contributed by atoms with Gasteiger partial charge in [0.1, 0.15) is 11.6 Å². The molecule has 0 spiro atoms. The first-order valence-corrected chi connectivity index (χ1v) is 4.21. The Bertz CT molecular complexity index is 410. The highest BCUT2D eigenvalue weighted by Crippen LogP contribution is 2.18. The van der Waals surface area contributed by atoms with Crippen LogP contribution in [0.25, 0.3) is 0 Å². The Morgan fingerprint density at radius 2 is 2.33 bits per heavy atom. The van der Waals surface area contributed by atoms with Crippen LogP contribution in [0.3, 0.4) is 0 Å². The van der Waals surface area contributed by atoms with Crippen molar-refractivity contribution in [2.45, 2.75) is 6.42 Å². The Kier molecular flexibility index (Phi) is 3.63. The van der Waals surface area contributed by atoms with Crippen molar-refractivity contribution in [1.82, 2.24) is 4.98 Å². The van der Waals surface area contributed by atoms with E-state index in [9.17, 15) is 4.79 Å². The molecule has 0 aliphatic carbocycles. The molecule has 1 rings (SSSR count). The van der Waals surface area contributed by atoms with E-state index in [2.05, 4.69) is 9.72 Å². The quantitative estimate of drug-likeness (QED) is 0.680. The van der Waals surface area contributed by atoms with Crippen LogP contribution in [0.15, 0.2) is 12.3 Å². The zero-order valence-corrected chi connectivity index (χ0v) is 8.48. The summed E-state index contributed by atoms with van der Waals surface area (Å²) in [4.78, 5) is 14.9. The van der Waals surface area contributed by atoms with Crippen molar-refractivity contribution in [3.05, 3.63) is 23.4 Å². The predicted molar refractivity (Wildman–Crippen MR) is 51.2 cm³/mol. The summed E-state index contributed by atoms with van der Waals surface area (Å²) >= 11 is 0. The largest absolute Gasteiger partial charge is 0.480 e. The Labute approximate surface area is 87.3 Å². The molecule has 0 unspecified atom stereocenters. The van der Waals surface area contributed by atoms with Gasteiger partial charge in [0.05, 0.1) is 20.6 Å². The lowest BCUT2D eigenvalue weighted by molar-refractivity contribution is -0.139. The van der Waals surface area contributed by atoms with Crippen LogP contribution in [0.5, 0.6) is 5.88 Å². The van der Waals surface area contributed by atoms with E-state index in [1.807, 2.05) is 6.07 Å². The average Bonchev–Trinajstić information content (AvgIpc) is 2.28. The maximum atomic E-state index is 11.1. The normalized spacial score (nSPS) is 9.13. The summed E-state index contributed by atoms with van der Waals surface area (Å²) in [7, 11) is 2.72. The lowest BCUT2D eigenvalue weighted by Gasteiger charge is -2.05. The van der Waals surface area contributed by atoms with E-state index in [0.717, 1.165) is 0 Å². The molecule has 0 N–H and O–H groups in total. The lowest BCUT2D eigenvalue weighted by Crippen LogP contribution is -2.07. The summed E-state index contributed by atoms with van der Waals surface area (Å²) in [6.45, 7) is 0. The zero-order valence-electron chi connectivity index (χ0n) is 8.48. The number of pyridine rings is 1. The van der Waals surface area contributed by atoms with Gasteiger partial charge < -0.3 is 9.47 Å². The maximum Gasteiger partial charge on any atom is 0.310 e. The first-order chi connectivity index (χ1) is 7.22. The van der Waals surface area contributed by atoms with Crippen LogP contribution in [0.1, 0.15) is 11.1 Å². The highest BCUT2D eigenvalue weighted by molar-refractivity contribution is 5.73. The fourth-order valence-electron chi connectivity index (χ4n) is 1.13. The zero-order chi connectivity index (χ0) is 11.3. The number of hydrogen-bond acceptors (Lipinski definition) is 5. The van der Waals surface area contributed by atoms with E-state index in [0.29, 0.717) is 5.56 Å². The van der Waals surface area contributed by atoms with E-state index in [1.54, 1.807) is 6.07 Å². The smallest absolute Gasteiger partial charge is 0.310 e. The Hall–Kier alpha value is -2.09. The van der Waals surface area contributed by atoms with Gasteiger partial charge in [0.2, 0.25) is 5.88 Å². The van der Waals surface area contributed by atoms with Crippen LogP contribution in [0, 0.1) is 11.3 Å². The van der Waals surface area contributed by atoms with Gasteiger partial charge in [0.25, 0.3) is 0 Å². The monoisotopic (exact) mass is 206 g/mol. The fraction of sp³-hybridized carbons (Fsp3) is 0.300. The molecule has 1 aromatic heterocycles. The third kappa shape index (κ3) is 2.44. The van der Waals surface area contributed by atoms with Crippen LogP contribution >= 0.6 is 0 Å². The van der Waals surface area contributed by atoms with Crippen molar-refractivity contribution in [1.29, 1.82) is 5.26 Å². The van der Waals surface area contributed by atoms with Crippen LogP contribution in [0.2, 0.25) is 0 Å². The van der Waals surface area contributed by atoms with Gasteiger partial charge >= 0.3 is 5.97 Å². The molecule has 0 aromatic carbocycles. The molecule has 0 atom stereocenters. The molecular formula is C10H10N2O3. The molecule has 5 heteroatoms. The van der Waals surface area contributed by atoms with E-state index < -0.39 is 5.97 Å². The van der Waals surface area contributed by atoms with Crippen molar-refractivity contribution >= 4 is 5.97 Å². The Morgan fingerprint density at radius 1 is 1.60 bits per heavy atom. The van der Waals surface area contributed by atoms with Gasteiger partial charge in [-0.25, -0.2) is 4.98 Å². The second-order valence-electron chi connectivity index (χ2n) is 2.72. The van der Waals surface area contributed by atoms with Crippen molar-refractivity contribution in [2.24, 2.45) is 0 Å². The number of carbonyl (C=O) groups excluding carboxylic acids is 1. The molecule has 0 saturated carbocycles. The maximum absolute atomic E-state index is 11.1. The average molecular weight is 206 g/mol. The summed E-state index contributed by atoms with van der Waals surface area (Å²) in [6.07, 6.45) is 1.52. The van der Waals surface area contributed by atoms with E-state index in [-0.39, 0.29) is 17.9 Å². The second-order valence-corrected chi connectivity index (χ2v) is 2.72. The van der Waals surface area contributed by atoms with Gasteiger partial charge in [0, 0.05) is 6.20 Å². The molecule has 0 saturated heterocycles. The van der Waals surface area contributed by atoms with Gasteiger partial charge in [0.15, 0.2) is 0 Å². The minimum atomic E-state index is -0.403. The molecule has 0 fully saturated rings. The number of rotatable bonds is 3. The molecule has 0 aliphatic rings. The van der Waals surface area contributed by atoms with Crippen LogP contribution in [0.4, 0.5) is 0 Å². The molecule has 78 valence electrons. The van der Waals surface area contributed by atoms with Crippen molar-refractivity contribution < 1.29 is 14.3 Å². The number of methoxy groups -OCH3 is 2.